The molecule has 0 aromatic heterocycles. The molecule has 0 radical (unpaired) electrons. The third-order valence-electron chi connectivity index (χ3n) is 7.78. The molecular formula is C33H55Cl3SiTi. The van der Waals surface area contributed by atoms with Gasteiger partial charge in [0.15, 0.2) is 0 Å². The van der Waals surface area contributed by atoms with Crippen LogP contribution in [0.5, 0.6) is 0 Å². The Morgan fingerprint density at radius 1 is 0.684 bits per heavy atom. The van der Waals surface area contributed by atoms with Gasteiger partial charge in [-0.1, -0.05) is 184 Å². The van der Waals surface area contributed by atoms with Crippen molar-refractivity contribution in [3.05, 3.63) is 52.8 Å². The van der Waals surface area contributed by atoms with Crippen LogP contribution < -0.4 is 42.4 Å². The van der Waals surface area contributed by atoms with Gasteiger partial charge in [-0.2, -0.15) is 5.57 Å². The van der Waals surface area contributed by atoms with E-state index in [-0.39, 0.29) is 68.5 Å². The summed E-state index contributed by atoms with van der Waals surface area (Å²) in [4.78, 5) is 0. The second-order valence-corrected chi connectivity index (χ2v) is 13.1. The van der Waals surface area contributed by atoms with Crippen molar-refractivity contribution in [3.63, 3.8) is 0 Å². The Hall–Kier alpha value is 0.501. The van der Waals surface area contributed by atoms with Gasteiger partial charge in [0.05, 0.1) is 0 Å². The Morgan fingerprint density at radius 3 is 1.53 bits per heavy atom. The molecule has 2 rings (SSSR count). The Morgan fingerprint density at radius 2 is 1.11 bits per heavy atom. The largest absolute Gasteiger partial charge is 4.00 e. The molecule has 5 heteroatoms. The van der Waals surface area contributed by atoms with Gasteiger partial charge in [0.1, 0.15) is 0 Å². The SMILES string of the molecule is CCCCCCCCCCCCCCCCCCC1C(C)=[C-]C(C(C)C)=C1[SiH2]c1ccccc1.[Cl-].[Cl-].[Cl-].[Ti+4]. The minimum absolute atomic E-state index is 0. The van der Waals surface area contributed by atoms with E-state index in [1.54, 1.807) is 16.0 Å². The number of rotatable bonds is 20. The predicted molar refractivity (Wildman–Crippen MR) is 157 cm³/mol. The minimum atomic E-state index is -0.375. The van der Waals surface area contributed by atoms with E-state index in [4.69, 9.17) is 0 Å². The fourth-order valence-corrected chi connectivity index (χ4v) is 8.06. The van der Waals surface area contributed by atoms with E-state index in [0.29, 0.717) is 11.8 Å². The molecule has 216 valence electrons. The third kappa shape index (κ3) is 18.0. The van der Waals surface area contributed by atoms with E-state index in [9.17, 15) is 0 Å². The molecule has 0 spiro atoms. The summed E-state index contributed by atoms with van der Waals surface area (Å²) in [5.41, 5.74) is 3.07. The van der Waals surface area contributed by atoms with E-state index >= 15 is 0 Å². The number of hydrogen-bond acceptors (Lipinski definition) is 0. The summed E-state index contributed by atoms with van der Waals surface area (Å²) in [7, 11) is -0.375. The van der Waals surface area contributed by atoms with Crippen LogP contribution >= 0.6 is 0 Å². The number of halogens is 3. The van der Waals surface area contributed by atoms with Crippen molar-refractivity contribution in [2.45, 2.75) is 137 Å². The molecular weight excluding hydrogens is 579 g/mol. The van der Waals surface area contributed by atoms with Crippen LogP contribution in [-0.2, 0) is 21.7 Å². The number of unbranched alkanes of at least 4 members (excludes halogenated alkanes) is 15. The van der Waals surface area contributed by atoms with Crippen LogP contribution in [0.3, 0.4) is 0 Å². The average molecular weight is 634 g/mol. The molecule has 0 nitrogen and oxygen atoms in total. The maximum absolute atomic E-state index is 3.81. The van der Waals surface area contributed by atoms with Gasteiger partial charge in [0, 0.05) is 0 Å². The predicted octanol–water partition coefficient (Wildman–Crippen LogP) is 0.431. The fourth-order valence-electron chi connectivity index (χ4n) is 5.67. The zero-order valence-electron chi connectivity index (χ0n) is 24.9. The molecule has 0 saturated heterocycles. The molecule has 0 saturated carbocycles. The molecule has 1 unspecified atom stereocenters. The van der Waals surface area contributed by atoms with Gasteiger partial charge in [0.2, 0.25) is 0 Å². The molecule has 0 fully saturated rings. The fraction of sp³-hybridized carbons (Fsp3) is 0.697. The van der Waals surface area contributed by atoms with Gasteiger partial charge >= 0.3 is 21.7 Å². The van der Waals surface area contributed by atoms with Crippen molar-refractivity contribution in [2.24, 2.45) is 11.8 Å². The van der Waals surface area contributed by atoms with Crippen molar-refractivity contribution < 1.29 is 58.9 Å². The van der Waals surface area contributed by atoms with Crippen molar-refractivity contribution in [3.8, 4) is 0 Å². The summed E-state index contributed by atoms with van der Waals surface area (Å²) in [5, 5.41) is 3.38. The van der Waals surface area contributed by atoms with Crippen LogP contribution in [0.25, 0.3) is 0 Å². The Labute approximate surface area is 273 Å². The molecule has 0 aliphatic heterocycles. The van der Waals surface area contributed by atoms with E-state index in [2.05, 4.69) is 64.1 Å². The number of benzene rings is 1. The Bertz CT molecular complexity index is 718. The average Bonchev–Trinajstić information content (AvgIpc) is 3.14. The van der Waals surface area contributed by atoms with Crippen molar-refractivity contribution >= 4 is 14.7 Å². The minimum Gasteiger partial charge on any atom is -1.00 e. The summed E-state index contributed by atoms with van der Waals surface area (Å²) in [6, 6.07) is 11.3. The molecule has 1 aliphatic rings. The first-order chi connectivity index (χ1) is 16.6. The second-order valence-electron chi connectivity index (χ2n) is 11.2. The van der Waals surface area contributed by atoms with E-state index in [1.807, 2.05) is 0 Å². The summed E-state index contributed by atoms with van der Waals surface area (Å²) in [6.45, 7) is 9.35. The number of hydrogen-bond donors (Lipinski definition) is 0. The van der Waals surface area contributed by atoms with Crippen molar-refractivity contribution in [1.29, 1.82) is 0 Å². The first-order valence-electron chi connectivity index (χ1n) is 15.0. The van der Waals surface area contributed by atoms with Gasteiger partial charge in [-0.3, -0.25) is 0 Å². The quantitative estimate of drug-likeness (QED) is 0.111. The topological polar surface area (TPSA) is 0 Å². The molecule has 1 atom stereocenters. The van der Waals surface area contributed by atoms with E-state index in [0.717, 1.165) is 0 Å². The summed E-state index contributed by atoms with van der Waals surface area (Å²) in [5.74, 6) is 1.30. The maximum atomic E-state index is 3.81. The Balaban J connectivity index is -0.00000306. The summed E-state index contributed by atoms with van der Waals surface area (Å²) < 4.78 is 0. The van der Waals surface area contributed by atoms with Crippen molar-refractivity contribution in [1.82, 2.24) is 0 Å². The van der Waals surface area contributed by atoms with Crippen LogP contribution in [0.1, 0.15) is 137 Å². The summed E-state index contributed by atoms with van der Waals surface area (Å²) in [6.07, 6.45) is 28.3. The van der Waals surface area contributed by atoms with Gasteiger partial charge in [-0.25, -0.2) is 16.8 Å². The summed E-state index contributed by atoms with van der Waals surface area (Å²) >= 11 is 0. The molecule has 0 heterocycles. The smallest absolute Gasteiger partial charge is 1.00 e. The molecule has 0 bridgehead atoms. The molecule has 1 aromatic rings. The van der Waals surface area contributed by atoms with E-state index in [1.165, 1.54) is 115 Å². The standard InChI is InChI=1S/C33H55Si.3ClH.Ti/c1-5-6-7-8-9-10-11-12-13-14-15-16-17-18-19-23-26-31-29(4)27-32(28(2)3)33(31)34-30-24-21-20-22-25-30;;;;/h20-22,24-25,28,31H,5-19,23,26,34H2,1-4H3;3*1H;/q-1;;;;+4/p-3. The third-order valence-corrected chi connectivity index (χ3v) is 9.92. The van der Waals surface area contributed by atoms with Crippen LogP contribution in [-0.4, -0.2) is 9.52 Å². The van der Waals surface area contributed by atoms with E-state index < -0.39 is 0 Å². The number of allylic oxidation sites excluding steroid dienone is 4. The molecule has 0 amide bonds. The van der Waals surface area contributed by atoms with Gasteiger partial charge in [-0.05, 0) is 9.52 Å². The van der Waals surface area contributed by atoms with Crippen LogP contribution in [0.2, 0.25) is 0 Å². The van der Waals surface area contributed by atoms with Gasteiger partial charge < -0.3 is 37.2 Å². The Kier molecular flexibility index (Phi) is 31.3. The normalized spacial score (nSPS) is 14.7. The zero-order valence-corrected chi connectivity index (χ0v) is 30.1. The van der Waals surface area contributed by atoms with Crippen LogP contribution in [0, 0.1) is 17.9 Å². The zero-order chi connectivity index (χ0) is 24.4. The molecule has 38 heavy (non-hydrogen) atoms. The van der Waals surface area contributed by atoms with Gasteiger partial charge in [0.25, 0.3) is 0 Å². The first kappa shape index (κ1) is 43.0. The second kappa shape index (κ2) is 27.7. The van der Waals surface area contributed by atoms with Crippen LogP contribution in [0.4, 0.5) is 0 Å². The maximum Gasteiger partial charge on any atom is 4.00 e. The van der Waals surface area contributed by atoms with Gasteiger partial charge in [-0.15, -0.1) is 0 Å². The monoisotopic (exact) mass is 632 g/mol. The molecule has 0 N–H and O–H groups in total. The molecule has 1 aliphatic carbocycles. The van der Waals surface area contributed by atoms with Crippen molar-refractivity contribution in [2.75, 3.05) is 0 Å². The van der Waals surface area contributed by atoms with Crippen LogP contribution in [0.15, 0.2) is 46.7 Å². The molecule has 1 aromatic carbocycles. The first-order valence-corrected chi connectivity index (χ1v) is 16.4.